The van der Waals surface area contributed by atoms with Crippen LogP contribution in [0.4, 0.5) is 0 Å². The van der Waals surface area contributed by atoms with Gasteiger partial charge in [-0.25, -0.2) is 0 Å². The highest BCUT2D eigenvalue weighted by atomic mass is 16.5. The maximum Gasteiger partial charge on any atom is 0.241 e. The van der Waals surface area contributed by atoms with Crippen molar-refractivity contribution >= 4 is 0 Å². The second-order valence-electron chi connectivity index (χ2n) is 6.56. The van der Waals surface area contributed by atoms with Crippen LogP contribution in [0.25, 0.3) is 11.4 Å². The van der Waals surface area contributed by atoms with Crippen molar-refractivity contribution < 1.29 is 4.52 Å². The third-order valence-corrected chi connectivity index (χ3v) is 4.32. The summed E-state index contributed by atoms with van der Waals surface area (Å²) in [5, 5.41) is 4.13. The van der Waals surface area contributed by atoms with Crippen molar-refractivity contribution in [3.05, 3.63) is 35.7 Å². The van der Waals surface area contributed by atoms with Crippen molar-refractivity contribution in [3.63, 3.8) is 0 Å². The van der Waals surface area contributed by atoms with Gasteiger partial charge in [0.25, 0.3) is 0 Å². The SMILES string of the molecule is CCN(Cc1nc(-c2ccc(C(C)C)cc2)no1)CC1CC1. The first kappa shape index (κ1) is 15.2. The second kappa shape index (κ2) is 6.61. The fourth-order valence-electron chi connectivity index (χ4n) is 2.62. The van der Waals surface area contributed by atoms with Crippen LogP contribution in [0.15, 0.2) is 28.8 Å². The Morgan fingerprint density at radius 1 is 1.23 bits per heavy atom. The molecule has 1 fully saturated rings. The summed E-state index contributed by atoms with van der Waals surface area (Å²) in [7, 11) is 0. The van der Waals surface area contributed by atoms with Crippen LogP contribution in [0.3, 0.4) is 0 Å². The van der Waals surface area contributed by atoms with Crippen LogP contribution in [0.2, 0.25) is 0 Å². The van der Waals surface area contributed by atoms with Gasteiger partial charge in [0.05, 0.1) is 6.54 Å². The second-order valence-corrected chi connectivity index (χ2v) is 6.56. The molecule has 118 valence electrons. The average Bonchev–Trinajstić information content (AvgIpc) is 3.22. The number of benzene rings is 1. The molecule has 3 rings (SSSR count). The molecule has 1 saturated carbocycles. The Kier molecular flexibility index (Phi) is 4.57. The average molecular weight is 299 g/mol. The smallest absolute Gasteiger partial charge is 0.241 e. The van der Waals surface area contributed by atoms with Crippen molar-refractivity contribution in [2.75, 3.05) is 13.1 Å². The molecular formula is C18H25N3O. The van der Waals surface area contributed by atoms with Crippen molar-refractivity contribution in [2.24, 2.45) is 5.92 Å². The quantitative estimate of drug-likeness (QED) is 0.772. The number of rotatable bonds is 7. The van der Waals surface area contributed by atoms with Crippen LogP contribution in [-0.2, 0) is 6.54 Å². The molecule has 1 aliphatic rings. The van der Waals surface area contributed by atoms with E-state index >= 15 is 0 Å². The van der Waals surface area contributed by atoms with Gasteiger partial charge in [0.15, 0.2) is 0 Å². The molecule has 0 bridgehead atoms. The predicted octanol–water partition coefficient (Wildman–Crippen LogP) is 4.09. The summed E-state index contributed by atoms with van der Waals surface area (Å²) >= 11 is 0. The zero-order valence-corrected chi connectivity index (χ0v) is 13.7. The lowest BCUT2D eigenvalue weighted by molar-refractivity contribution is 0.228. The summed E-state index contributed by atoms with van der Waals surface area (Å²) in [6.45, 7) is 9.50. The van der Waals surface area contributed by atoms with Gasteiger partial charge < -0.3 is 4.52 Å². The van der Waals surface area contributed by atoms with E-state index in [1.165, 1.54) is 18.4 Å². The van der Waals surface area contributed by atoms with Gasteiger partial charge in [-0.1, -0.05) is 50.2 Å². The summed E-state index contributed by atoms with van der Waals surface area (Å²) in [6.07, 6.45) is 2.74. The van der Waals surface area contributed by atoms with Crippen molar-refractivity contribution in [2.45, 2.75) is 46.1 Å². The molecule has 0 aliphatic heterocycles. The van der Waals surface area contributed by atoms with Gasteiger partial charge in [-0.05, 0) is 36.8 Å². The van der Waals surface area contributed by atoms with Gasteiger partial charge >= 0.3 is 0 Å². The molecule has 4 heteroatoms. The third-order valence-electron chi connectivity index (χ3n) is 4.32. The molecule has 0 atom stereocenters. The Morgan fingerprint density at radius 2 is 1.95 bits per heavy atom. The van der Waals surface area contributed by atoms with E-state index in [0.29, 0.717) is 17.6 Å². The maximum absolute atomic E-state index is 5.43. The minimum atomic E-state index is 0.537. The van der Waals surface area contributed by atoms with Gasteiger partial charge in [-0.15, -0.1) is 0 Å². The van der Waals surface area contributed by atoms with Crippen molar-refractivity contribution in [1.29, 1.82) is 0 Å². The van der Waals surface area contributed by atoms with E-state index < -0.39 is 0 Å². The maximum atomic E-state index is 5.43. The number of hydrogen-bond acceptors (Lipinski definition) is 4. The summed E-state index contributed by atoms with van der Waals surface area (Å²) in [5.41, 5.74) is 2.35. The van der Waals surface area contributed by atoms with Crippen LogP contribution in [0.1, 0.15) is 51.0 Å². The lowest BCUT2D eigenvalue weighted by Gasteiger charge is -2.17. The highest BCUT2D eigenvalue weighted by Gasteiger charge is 2.24. The number of hydrogen-bond donors (Lipinski definition) is 0. The summed E-state index contributed by atoms with van der Waals surface area (Å²) in [4.78, 5) is 6.94. The monoisotopic (exact) mass is 299 g/mol. The molecule has 0 unspecified atom stereocenters. The zero-order valence-electron chi connectivity index (χ0n) is 13.7. The molecule has 0 saturated heterocycles. The van der Waals surface area contributed by atoms with E-state index in [9.17, 15) is 0 Å². The normalized spacial score (nSPS) is 15.0. The highest BCUT2D eigenvalue weighted by Crippen LogP contribution is 2.30. The number of aromatic nitrogens is 2. The summed E-state index contributed by atoms with van der Waals surface area (Å²) in [5.74, 6) is 2.82. The lowest BCUT2D eigenvalue weighted by Crippen LogP contribution is -2.25. The van der Waals surface area contributed by atoms with Crippen LogP contribution in [0.5, 0.6) is 0 Å². The topological polar surface area (TPSA) is 42.2 Å². The first-order valence-corrected chi connectivity index (χ1v) is 8.31. The Hall–Kier alpha value is -1.68. The highest BCUT2D eigenvalue weighted by molar-refractivity contribution is 5.54. The minimum Gasteiger partial charge on any atom is -0.338 e. The standard InChI is InChI=1S/C18H25N3O/c1-4-21(11-14-5-6-14)12-17-19-18(20-22-17)16-9-7-15(8-10-16)13(2)3/h7-10,13-14H,4-6,11-12H2,1-3H3. The number of nitrogens with zero attached hydrogens (tertiary/aromatic N) is 3. The molecule has 1 aromatic carbocycles. The Morgan fingerprint density at radius 3 is 2.55 bits per heavy atom. The molecule has 1 aromatic heterocycles. The van der Waals surface area contributed by atoms with E-state index in [0.717, 1.165) is 31.1 Å². The van der Waals surface area contributed by atoms with Crippen molar-refractivity contribution in [3.8, 4) is 11.4 Å². The third kappa shape index (κ3) is 3.74. The lowest BCUT2D eigenvalue weighted by atomic mass is 10.0. The Balaban J connectivity index is 1.66. The molecule has 4 nitrogen and oxygen atoms in total. The molecule has 1 heterocycles. The molecule has 1 aliphatic carbocycles. The largest absolute Gasteiger partial charge is 0.338 e. The fourth-order valence-corrected chi connectivity index (χ4v) is 2.62. The van der Waals surface area contributed by atoms with E-state index in [1.807, 2.05) is 0 Å². The van der Waals surface area contributed by atoms with Crippen LogP contribution >= 0.6 is 0 Å². The van der Waals surface area contributed by atoms with Gasteiger partial charge in [0, 0.05) is 12.1 Å². The molecule has 0 amide bonds. The van der Waals surface area contributed by atoms with Gasteiger partial charge in [-0.2, -0.15) is 4.98 Å². The molecule has 0 radical (unpaired) electrons. The van der Waals surface area contributed by atoms with Crippen LogP contribution in [0, 0.1) is 5.92 Å². The van der Waals surface area contributed by atoms with E-state index in [4.69, 9.17) is 4.52 Å². The molecular weight excluding hydrogens is 274 g/mol. The zero-order chi connectivity index (χ0) is 15.5. The first-order chi connectivity index (χ1) is 10.7. The molecule has 2 aromatic rings. The fraction of sp³-hybridized carbons (Fsp3) is 0.556. The molecule has 0 N–H and O–H groups in total. The Labute approximate surface area is 132 Å². The van der Waals surface area contributed by atoms with Crippen LogP contribution in [-0.4, -0.2) is 28.1 Å². The van der Waals surface area contributed by atoms with Gasteiger partial charge in [-0.3, -0.25) is 4.90 Å². The van der Waals surface area contributed by atoms with E-state index in [2.05, 4.69) is 60.1 Å². The van der Waals surface area contributed by atoms with E-state index in [1.54, 1.807) is 0 Å². The molecule has 22 heavy (non-hydrogen) atoms. The predicted molar refractivity (Wildman–Crippen MR) is 87.5 cm³/mol. The summed E-state index contributed by atoms with van der Waals surface area (Å²) in [6, 6.07) is 8.43. The first-order valence-electron chi connectivity index (χ1n) is 8.31. The molecule has 0 spiro atoms. The van der Waals surface area contributed by atoms with Gasteiger partial charge in [0.2, 0.25) is 11.7 Å². The van der Waals surface area contributed by atoms with E-state index in [-0.39, 0.29) is 0 Å². The summed E-state index contributed by atoms with van der Waals surface area (Å²) < 4.78 is 5.43. The minimum absolute atomic E-state index is 0.537. The van der Waals surface area contributed by atoms with Crippen molar-refractivity contribution in [1.82, 2.24) is 15.0 Å². The van der Waals surface area contributed by atoms with Crippen LogP contribution < -0.4 is 0 Å². The van der Waals surface area contributed by atoms with Gasteiger partial charge in [0.1, 0.15) is 0 Å². The Bertz CT molecular complexity index is 599.